The van der Waals surface area contributed by atoms with Crippen molar-refractivity contribution in [3.05, 3.63) is 32.4 Å². The molecule has 88 valence electrons. The molecule has 1 aromatic rings. The molecule has 1 aliphatic carbocycles. The van der Waals surface area contributed by atoms with Crippen molar-refractivity contribution in [2.75, 3.05) is 0 Å². The number of thiophene rings is 1. The summed E-state index contributed by atoms with van der Waals surface area (Å²) in [6, 6.07) is 0. The first-order chi connectivity index (χ1) is 7.58. The Bertz CT molecular complexity index is 396. The second-order valence-electron chi connectivity index (χ2n) is 4.81. The van der Waals surface area contributed by atoms with Gasteiger partial charge in [0.05, 0.1) is 6.10 Å². The Labute approximate surface area is 109 Å². The molecule has 1 N–H and O–H groups in total. The summed E-state index contributed by atoms with van der Waals surface area (Å²) in [5.41, 5.74) is 2.46. The summed E-state index contributed by atoms with van der Waals surface area (Å²) in [6.45, 7) is 4.39. The summed E-state index contributed by atoms with van der Waals surface area (Å²) < 4.78 is 1.05. The minimum atomic E-state index is -0.327. The van der Waals surface area contributed by atoms with Gasteiger partial charge in [0.15, 0.2) is 0 Å². The summed E-state index contributed by atoms with van der Waals surface area (Å²) in [6.07, 6.45) is 4.10. The van der Waals surface area contributed by atoms with Gasteiger partial charge < -0.3 is 5.11 Å². The highest BCUT2D eigenvalue weighted by molar-refractivity contribution is 9.10. The van der Waals surface area contributed by atoms with Crippen LogP contribution in [-0.4, -0.2) is 5.11 Å². The van der Waals surface area contributed by atoms with Gasteiger partial charge in [0.1, 0.15) is 0 Å². The smallest absolute Gasteiger partial charge is 0.0840 e. The molecule has 0 fully saturated rings. The first kappa shape index (κ1) is 12.3. The van der Waals surface area contributed by atoms with Crippen molar-refractivity contribution < 1.29 is 5.11 Å². The number of rotatable bonds is 2. The average molecular weight is 301 g/mol. The molecule has 0 saturated carbocycles. The van der Waals surface area contributed by atoms with Crippen LogP contribution in [0.3, 0.4) is 0 Å². The third-order valence-electron chi connectivity index (χ3n) is 3.24. The molecule has 1 aliphatic rings. The van der Waals surface area contributed by atoms with Gasteiger partial charge in [-0.25, -0.2) is 0 Å². The van der Waals surface area contributed by atoms with E-state index in [0.29, 0.717) is 11.8 Å². The van der Waals surface area contributed by atoms with Crippen LogP contribution in [0.25, 0.3) is 0 Å². The fourth-order valence-electron chi connectivity index (χ4n) is 2.59. The Morgan fingerprint density at radius 2 is 2.25 bits per heavy atom. The van der Waals surface area contributed by atoms with E-state index in [2.05, 4.69) is 35.9 Å². The zero-order chi connectivity index (χ0) is 11.7. The Kier molecular flexibility index (Phi) is 3.88. The van der Waals surface area contributed by atoms with Crippen LogP contribution in [0.4, 0.5) is 0 Å². The van der Waals surface area contributed by atoms with E-state index in [1.54, 1.807) is 11.3 Å². The number of aliphatic hydroxyl groups excluding tert-OH is 1. The van der Waals surface area contributed by atoms with Gasteiger partial charge >= 0.3 is 0 Å². The number of hydrogen-bond acceptors (Lipinski definition) is 2. The van der Waals surface area contributed by atoms with Crippen LogP contribution in [0.5, 0.6) is 0 Å². The predicted molar refractivity (Wildman–Crippen MR) is 72.6 cm³/mol. The third kappa shape index (κ3) is 2.58. The molecule has 3 heteroatoms. The van der Waals surface area contributed by atoms with E-state index in [-0.39, 0.29) is 6.10 Å². The largest absolute Gasteiger partial charge is 0.388 e. The van der Waals surface area contributed by atoms with E-state index < -0.39 is 0 Å². The van der Waals surface area contributed by atoms with E-state index in [1.807, 2.05) is 10.8 Å². The quantitative estimate of drug-likeness (QED) is 0.795. The summed E-state index contributed by atoms with van der Waals surface area (Å²) in [7, 11) is 0. The zero-order valence-electron chi connectivity index (χ0n) is 9.61. The van der Waals surface area contributed by atoms with Gasteiger partial charge in [-0.1, -0.05) is 18.6 Å². The van der Waals surface area contributed by atoms with Crippen LogP contribution < -0.4 is 0 Å². The molecule has 3 unspecified atom stereocenters. The van der Waals surface area contributed by atoms with Gasteiger partial charge in [-0.2, -0.15) is 11.3 Å². The molecular formula is C13H17BrOS. The molecule has 0 bridgehead atoms. The lowest BCUT2D eigenvalue weighted by Gasteiger charge is -2.29. The molecule has 1 aromatic heterocycles. The van der Waals surface area contributed by atoms with Crippen molar-refractivity contribution in [3.8, 4) is 0 Å². The SMILES string of the molecule is CC1=CC(C)CC(C(O)c2cscc2Br)C1. The predicted octanol–water partition coefficient (Wildman–Crippen LogP) is 4.54. The van der Waals surface area contributed by atoms with Crippen molar-refractivity contribution in [2.45, 2.75) is 32.8 Å². The number of hydrogen-bond donors (Lipinski definition) is 1. The monoisotopic (exact) mass is 300 g/mol. The standard InChI is InChI=1S/C13H17BrOS/c1-8-3-9(2)5-10(4-8)13(15)11-6-16-7-12(11)14/h3,6-8,10,13,15H,4-5H2,1-2H3. The van der Waals surface area contributed by atoms with Gasteiger partial charge in [0, 0.05) is 15.4 Å². The minimum Gasteiger partial charge on any atom is -0.388 e. The maximum atomic E-state index is 10.4. The van der Waals surface area contributed by atoms with Crippen LogP contribution in [0.15, 0.2) is 26.9 Å². The molecule has 16 heavy (non-hydrogen) atoms. The molecule has 0 amide bonds. The van der Waals surface area contributed by atoms with Crippen molar-refractivity contribution in [1.82, 2.24) is 0 Å². The van der Waals surface area contributed by atoms with Crippen LogP contribution in [0, 0.1) is 11.8 Å². The number of halogens is 1. The first-order valence-corrected chi connectivity index (χ1v) is 7.38. The lowest BCUT2D eigenvalue weighted by atomic mass is 9.79. The Morgan fingerprint density at radius 1 is 1.50 bits per heavy atom. The zero-order valence-corrected chi connectivity index (χ0v) is 12.0. The Balaban J connectivity index is 2.15. The van der Waals surface area contributed by atoms with Crippen molar-refractivity contribution in [3.63, 3.8) is 0 Å². The molecule has 0 spiro atoms. The molecule has 2 rings (SSSR count). The van der Waals surface area contributed by atoms with Gasteiger partial charge in [0.25, 0.3) is 0 Å². The molecule has 3 atom stereocenters. The second kappa shape index (κ2) is 5.03. The number of aliphatic hydroxyl groups is 1. The number of allylic oxidation sites excluding steroid dienone is 2. The summed E-state index contributed by atoms with van der Waals surface area (Å²) in [5, 5.41) is 14.5. The third-order valence-corrected chi connectivity index (χ3v) is 4.99. The van der Waals surface area contributed by atoms with Crippen LogP contribution in [0.2, 0.25) is 0 Å². The van der Waals surface area contributed by atoms with Gasteiger partial charge in [-0.3, -0.25) is 0 Å². The maximum Gasteiger partial charge on any atom is 0.0840 e. The molecular weight excluding hydrogens is 284 g/mol. The first-order valence-electron chi connectivity index (χ1n) is 5.65. The van der Waals surface area contributed by atoms with Crippen LogP contribution in [0.1, 0.15) is 38.4 Å². The lowest BCUT2D eigenvalue weighted by molar-refractivity contribution is 0.0930. The summed E-state index contributed by atoms with van der Waals surface area (Å²) >= 11 is 5.14. The Morgan fingerprint density at radius 3 is 2.81 bits per heavy atom. The molecule has 1 heterocycles. The van der Waals surface area contributed by atoms with Crippen molar-refractivity contribution >= 4 is 27.3 Å². The minimum absolute atomic E-state index is 0.327. The van der Waals surface area contributed by atoms with Gasteiger partial charge in [-0.15, -0.1) is 0 Å². The molecule has 0 aliphatic heterocycles. The molecule has 1 nitrogen and oxygen atoms in total. The highest BCUT2D eigenvalue weighted by Gasteiger charge is 2.27. The summed E-state index contributed by atoms with van der Waals surface area (Å²) in [5.74, 6) is 0.955. The lowest BCUT2D eigenvalue weighted by Crippen LogP contribution is -2.19. The van der Waals surface area contributed by atoms with E-state index in [4.69, 9.17) is 0 Å². The highest BCUT2D eigenvalue weighted by Crippen LogP contribution is 2.39. The van der Waals surface area contributed by atoms with E-state index in [9.17, 15) is 5.11 Å². The van der Waals surface area contributed by atoms with E-state index in [0.717, 1.165) is 22.9 Å². The van der Waals surface area contributed by atoms with Crippen LogP contribution in [-0.2, 0) is 0 Å². The maximum absolute atomic E-state index is 10.4. The highest BCUT2D eigenvalue weighted by atomic mass is 79.9. The van der Waals surface area contributed by atoms with Crippen molar-refractivity contribution in [2.24, 2.45) is 11.8 Å². The fourth-order valence-corrected chi connectivity index (χ4v) is 4.15. The van der Waals surface area contributed by atoms with Crippen molar-refractivity contribution in [1.29, 1.82) is 0 Å². The Hall–Kier alpha value is -0.120. The molecule has 0 saturated heterocycles. The fraction of sp³-hybridized carbons (Fsp3) is 0.538. The normalized spacial score (nSPS) is 27.6. The molecule has 0 aromatic carbocycles. The second-order valence-corrected chi connectivity index (χ2v) is 6.41. The van der Waals surface area contributed by atoms with Gasteiger partial charge in [0.2, 0.25) is 0 Å². The van der Waals surface area contributed by atoms with E-state index in [1.165, 1.54) is 5.57 Å². The summed E-state index contributed by atoms with van der Waals surface area (Å²) in [4.78, 5) is 0. The van der Waals surface area contributed by atoms with Crippen LogP contribution >= 0.6 is 27.3 Å². The molecule has 0 radical (unpaired) electrons. The average Bonchev–Trinajstić information content (AvgIpc) is 2.62. The topological polar surface area (TPSA) is 20.2 Å². The van der Waals surface area contributed by atoms with Gasteiger partial charge in [-0.05, 0) is 52.9 Å². The van der Waals surface area contributed by atoms with E-state index >= 15 is 0 Å².